The highest BCUT2D eigenvalue weighted by molar-refractivity contribution is 5.92. The lowest BCUT2D eigenvalue weighted by molar-refractivity contribution is -0.137. The first kappa shape index (κ1) is 24.8. The normalized spacial score (nSPS) is 11.3. The summed E-state index contributed by atoms with van der Waals surface area (Å²) in [6.07, 6.45) is 4.18. The number of alkyl halides is 3. The Morgan fingerprint density at radius 1 is 1.00 bits per heavy atom. The lowest BCUT2D eigenvalue weighted by atomic mass is 10.0. The molecule has 0 radical (unpaired) electrons. The van der Waals surface area contributed by atoms with Crippen molar-refractivity contribution in [1.82, 2.24) is 24.7 Å². The molecule has 0 spiro atoms. The molecule has 4 rings (SSSR count). The first-order valence-electron chi connectivity index (χ1n) is 10.8. The molecule has 0 atom stereocenters. The van der Waals surface area contributed by atoms with Gasteiger partial charge in [-0.25, -0.2) is 9.97 Å². The van der Waals surface area contributed by atoms with E-state index in [1.165, 1.54) is 6.20 Å². The van der Waals surface area contributed by atoms with Crippen LogP contribution in [0.25, 0.3) is 11.1 Å². The van der Waals surface area contributed by atoms with Crippen LogP contribution in [0.1, 0.15) is 11.1 Å². The number of aromatic nitrogens is 5. The van der Waals surface area contributed by atoms with Gasteiger partial charge in [-0.2, -0.15) is 18.3 Å². The predicted octanol–water partition coefficient (Wildman–Crippen LogP) is 4.33. The Morgan fingerprint density at radius 2 is 1.75 bits per heavy atom. The number of methoxy groups -OCH3 is 1. The molecule has 2 N–H and O–H groups in total. The van der Waals surface area contributed by atoms with Crippen molar-refractivity contribution in [2.24, 2.45) is 0 Å². The molecule has 0 saturated heterocycles. The Labute approximate surface area is 204 Å². The van der Waals surface area contributed by atoms with E-state index in [9.17, 15) is 18.0 Å². The van der Waals surface area contributed by atoms with Crippen molar-refractivity contribution in [3.05, 3.63) is 78.6 Å². The molecule has 0 aliphatic heterocycles. The van der Waals surface area contributed by atoms with Gasteiger partial charge < -0.3 is 15.4 Å². The third-order valence-corrected chi connectivity index (χ3v) is 5.07. The van der Waals surface area contributed by atoms with E-state index >= 15 is 0 Å². The predicted molar refractivity (Wildman–Crippen MR) is 126 cm³/mol. The van der Waals surface area contributed by atoms with Gasteiger partial charge >= 0.3 is 6.18 Å². The third-order valence-electron chi connectivity index (χ3n) is 5.07. The first-order valence-corrected chi connectivity index (χ1v) is 10.8. The van der Waals surface area contributed by atoms with E-state index in [0.29, 0.717) is 30.9 Å². The van der Waals surface area contributed by atoms with Crippen molar-refractivity contribution in [2.45, 2.75) is 19.1 Å². The Kier molecular flexibility index (Phi) is 7.54. The minimum atomic E-state index is -4.53. The van der Waals surface area contributed by atoms with E-state index in [0.717, 1.165) is 22.9 Å². The maximum absolute atomic E-state index is 12.8. The summed E-state index contributed by atoms with van der Waals surface area (Å²) in [6, 6.07) is 8.01. The summed E-state index contributed by atoms with van der Waals surface area (Å²) < 4.78 is 45.2. The van der Waals surface area contributed by atoms with Crippen LogP contribution in [-0.2, 0) is 28.7 Å². The van der Waals surface area contributed by atoms with Gasteiger partial charge in [-0.05, 0) is 17.2 Å². The van der Waals surface area contributed by atoms with Crippen molar-refractivity contribution in [3.63, 3.8) is 0 Å². The van der Waals surface area contributed by atoms with Gasteiger partial charge in [-0.15, -0.1) is 0 Å². The van der Waals surface area contributed by atoms with Crippen molar-refractivity contribution >= 4 is 23.2 Å². The van der Waals surface area contributed by atoms with Crippen molar-refractivity contribution < 1.29 is 22.7 Å². The SMILES string of the molecule is COCCn1cc(Nc2ncc(-c3ccc(CC(=O)Nc4cncc(C(F)(F)F)c4)cc3)cn2)cn1. The zero-order valence-electron chi connectivity index (χ0n) is 19.2. The molecule has 0 unspecified atom stereocenters. The molecule has 12 heteroatoms. The van der Waals surface area contributed by atoms with E-state index in [-0.39, 0.29) is 12.1 Å². The highest BCUT2D eigenvalue weighted by Crippen LogP contribution is 2.30. The number of hydrogen-bond acceptors (Lipinski definition) is 7. The van der Waals surface area contributed by atoms with Crippen molar-refractivity contribution in [3.8, 4) is 11.1 Å². The number of carbonyl (C=O) groups excluding carboxylic acids is 1. The van der Waals surface area contributed by atoms with Crippen LogP contribution in [0.2, 0.25) is 0 Å². The Balaban J connectivity index is 1.33. The number of nitrogens with one attached hydrogen (secondary N) is 2. The molecule has 3 aromatic heterocycles. The first-order chi connectivity index (χ1) is 17.3. The molecule has 36 heavy (non-hydrogen) atoms. The summed E-state index contributed by atoms with van der Waals surface area (Å²) in [7, 11) is 1.63. The summed E-state index contributed by atoms with van der Waals surface area (Å²) in [5, 5.41) is 9.75. The number of carbonyl (C=O) groups is 1. The highest BCUT2D eigenvalue weighted by Gasteiger charge is 2.31. The van der Waals surface area contributed by atoms with E-state index in [1.54, 1.807) is 42.5 Å². The number of nitrogens with zero attached hydrogens (tertiary/aromatic N) is 5. The lowest BCUT2D eigenvalue weighted by Crippen LogP contribution is -2.15. The standard InChI is InChI=1S/C24H22F3N7O2/c1-36-7-6-34-15-21(14-31-34)33-23-29-10-18(11-30-23)17-4-2-16(3-5-17)8-22(35)32-20-9-19(12-28-13-20)24(25,26)27/h2-5,9-15H,6-8H2,1H3,(H,32,35)(H,29,30,33). The molecular formula is C24H22F3N7O2. The summed E-state index contributed by atoms with van der Waals surface area (Å²) >= 11 is 0. The minimum absolute atomic E-state index is 0.00601. The number of rotatable bonds is 9. The van der Waals surface area contributed by atoms with Crippen LogP contribution in [0.5, 0.6) is 0 Å². The minimum Gasteiger partial charge on any atom is -0.383 e. The number of anilines is 3. The van der Waals surface area contributed by atoms with Gasteiger partial charge in [0.1, 0.15) is 0 Å². The molecule has 1 aromatic carbocycles. The number of amides is 1. The second-order valence-electron chi connectivity index (χ2n) is 7.79. The monoisotopic (exact) mass is 497 g/mol. The van der Waals surface area contributed by atoms with E-state index in [2.05, 4.69) is 30.7 Å². The molecule has 0 aliphatic rings. The van der Waals surface area contributed by atoms with E-state index in [1.807, 2.05) is 18.3 Å². The zero-order valence-corrected chi connectivity index (χ0v) is 19.2. The fourth-order valence-corrected chi connectivity index (χ4v) is 3.27. The quantitative estimate of drug-likeness (QED) is 0.355. The average Bonchev–Trinajstić information content (AvgIpc) is 3.30. The molecule has 0 fully saturated rings. The molecule has 0 bridgehead atoms. The molecule has 3 heterocycles. The van der Waals surface area contributed by atoms with Crippen LogP contribution in [0.4, 0.5) is 30.5 Å². The Hall–Kier alpha value is -4.32. The molecule has 0 aliphatic carbocycles. The Bertz CT molecular complexity index is 1310. The maximum Gasteiger partial charge on any atom is 0.417 e. The molecular weight excluding hydrogens is 475 g/mol. The number of benzene rings is 1. The highest BCUT2D eigenvalue weighted by atomic mass is 19.4. The summed E-state index contributed by atoms with van der Waals surface area (Å²) in [5.41, 5.74) is 2.13. The van der Waals surface area contributed by atoms with Crippen LogP contribution in [0.3, 0.4) is 0 Å². The molecule has 0 saturated carbocycles. The fourth-order valence-electron chi connectivity index (χ4n) is 3.27. The number of hydrogen-bond donors (Lipinski definition) is 2. The molecule has 1 amide bonds. The van der Waals surface area contributed by atoms with Crippen LogP contribution < -0.4 is 10.6 Å². The largest absolute Gasteiger partial charge is 0.417 e. The number of halogens is 3. The van der Waals surface area contributed by atoms with Crippen molar-refractivity contribution in [2.75, 3.05) is 24.4 Å². The second kappa shape index (κ2) is 11.0. The van der Waals surface area contributed by atoms with Gasteiger partial charge in [-0.3, -0.25) is 14.5 Å². The third kappa shape index (κ3) is 6.63. The second-order valence-corrected chi connectivity index (χ2v) is 7.79. The molecule has 4 aromatic rings. The van der Waals surface area contributed by atoms with Gasteiger partial charge in [0.05, 0.1) is 48.9 Å². The smallest absolute Gasteiger partial charge is 0.383 e. The molecule has 186 valence electrons. The van der Waals surface area contributed by atoms with E-state index < -0.39 is 17.6 Å². The van der Waals surface area contributed by atoms with Crippen LogP contribution >= 0.6 is 0 Å². The van der Waals surface area contributed by atoms with Crippen LogP contribution in [0, 0.1) is 0 Å². The Morgan fingerprint density at radius 3 is 2.44 bits per heavy atom. The zero-order chi connectivity index (χ0) is 25.5. The van der Waals surface area contributed by atoms with E-state index in [4.69, 9.17) is 4.74 Å². The van der Waals surface area contributed by atoms with Crippen LogP contribution in [-0.4, -0.2) is 44.4 Å². The van der Waals surface area contributed by atoms with Crippen LogP contribution in [0.15, 0.2) is 67.5 Å². The maximum atomic E-state index is 12.8. The summed E-state index contributed by atoms with van der Waals surface area (Å²) in [4.78, 5) is 24.5. The average molecular weight is 497 g/mol. The summed E-state index contributed by atoms with van der Waals surface area (Å²) in [6.45, 7) is 1.20. The van der Waals surface area contributed by atoms with Gasteiger partial charge in [0.15, 0.2) is 0 Å². The van der Waals surface area contributed by atoms with Gasteiger partial charge in [0.2, 0.25) is 11.9 Å². The van der Waals surface area contributed by atoms with Gasteiger partial charge in [0, 0.05) is 37.5 Å². The number of pyridine rings is 1. The fraction of sp³-hybridized carbons (Fsp3) is 0.208. The lowest BCUT2D eigenvalue weighted by Gasteiger charge is -2.09. The topological polar surface area (TPSA) is 107 Å². The number of ether oxygens (including phenoxy) is 1. The van der Waals surface area contributed by atoms with Crippen molar-refractivity contribution in [1.29, 1.82) is 0 Å². The summed E-state index contributed by atoms with van der Waals surface area (Å²) in [5.74, 6) is -0.0319. The van der Waals surface area contributed by atoms with Gasteiger partial charge in [-0.1, -0.05) is 24.3 Å². The van der Waals surface area contributed by atoms with Gasteiger partial charge in [0.25, 0.3) is 0 Å². The molecule has 9 nitrogen and oxygen atoms in total.